The summed E-state index contributed by atoms with van der Waals surface area (Å²) in [6.45, 7) is 1.79. The van der Waals surface area contributed by atoms with Crippen molar-refractivity contribution in [1.29, 1.82) is 0 Å². The fourth-order valence-corrected chi connectivity index (χ4v) is 1.44. The lowest BCUT2D eigenvalue weighted by molar-refractivity contribution is 0.777. The number of halogens is 1. The molecule has 0 aliphatic heterocycles. The molecule has 0 saturated carbocycles. The van der Waals surface area contributed by atoms with E-state index in [0.717, 1.165) is 5.56 Å². The normalized spacial score (nSPS) is 10.4. The Balaban J connectivity index is 2.57. The molecule has 5 heteroatoms. The van der Waals surface area contributed by atoms with Gasteiger partial charge < -0.3 is 4.57 Å². The highest BCUT2D eigenvalue weighted by atomic mass is 35.5. The van der Waals surface area contributed by atoms with E-state index in [0.29, 0.717) is 16.7 Å². The molecule has 0 unspecified atom stereocenters. The lowest BCUT2D eigenvalue weighted by Gasteiger charge is -2.05. The average molecular weight is 236 g/mol. The molecule has 0 atom stereocenters. The summed E-state index contributed by atoms with van der Waals surface area (Å²) in [6.07, 6.45) is 1.60. The molecule has 0 aliphatic rings. The second-order valence-electron chi connectivity index (χ2n) is 3.46. The summed E-state index contributed by atoms with van der Waals surface area (Å²) in [4.78, 5) is 19.8. The molecule has 0 bridgehead atoms. The van der Waals surface area contributed by atoms with Gasteiger partial charge in [-0.1, -0.05) is 11.6 Å². The Morgan fingerprint density at radius 1 is 1.38 bits per heavy atom. The Labute approximate surface area is 97.6 Å². The molecule has 16 heavy (non-hydrogen) atoms. The highest BCUT2D eigenvalue weighted by Crippen LogP contribution is 2.16. The topological polar surface area (TPSA) is 47.8 Å². The van der Waals surface area contributed by atoms with Crippen LogP contribution in [0.2, 0.25) is 5.15 Å². The van der Waals surface area contributed by atoms with Crippen molar-refractivity contribution in [1.82, 2.24) is 14.5 Å². The summed E-state index contributed by atoms with van der Waals surface area (Å²) >= 11 is 5.69. The van der Waals surface area contributed by atoms with E-state index in [9.17, 15) is 4.79 Å². The van der Waals surface area contributed by atoms with Crippen molar-refractivity contribution < 1.29 is 0 Å². The molecule has 0 N–H and O–H groups in total. The summed E-state index contributed by atoms with van der Waals surface area (Å²) in [6, 6.07) is 4.94. The molecular formula is C11H10ClN3O. The molecule has 2 aromatic heterocycles. The van der Waals surface area contributed by atoms with Crippen molar-refractivity contribution >= 4 is 11.6 Å². The molecule has 82 valence electrons. The smallest absolute Gasteiger partial charge is 0.253 e. The van der Waals surface area contributed by atoms with Crippen LogP contribution in [0, 0.1) is 6.92 Å². The van der Waals surface area contributed by atoms with E-state index in [-0.39, 0.29) is 5.56 Å². The van der Waals surface area contributed by atoms with Gasteiger partial charge in [-0.3, -0.25) is 4.79 Å². The Kier molecular flexibility index (Phi) is 2.75. The van der Waals surface area contributed by atoms with Gasteiger partial charge in [0.1, 0.15) is 11.0 Å². The molecular weight excluding hydrogens is 226 g/mol. The third-order valence-corrected chi connectivity index (χ3v) is 2.61. The fraction of sp³-hybridized carbons (Fsp3) is 0.182. The number of hydrogen-bond acceptors (Lipinski definition) is 3. The van der Waals surface area contributed by atoms with Gasteiger partial charge in [-0.15, -0.1) is 0 Å². The first-order chi connectivity index (χ1) is 7.58. The maximum absolute atomic E-state index is 11.6. The number of aryl methyl sites for hydroxylation is 1. The van der Waals surface area contributed by atoms with Crippen molar-refractivity contribution in [2.75, 3.05) is 0 Å². The quantitative estimate of drug-likeness (QED) is 0.709. The standard InChI is InChI=1S/C11H10ClN3O/c1-7-14-9(5-11(16)15(7)2)8-3-4-10(12)13-6-8/h3-6H,1-2H3. The summed E-state index contributed by atoms with van der Waals surface area (Å²) in [5.74, 6) is 0.664. The van der Waals surface area contributed by atoms with Gasteiger partial charge in [0.25, 0.3) is 5.56 Å². The van der Waals surface area contributed by atoms with Crippen LogP contribution in [0.25, 0.3) is 11.3 Å². The minimum absolute atomic E-state index is 0.0857. The van der Waals surface area contributed by atoms with Gasteiger partial charge in [-0.2, -0.15) is 0 Å². The van der Waals surface area contributed by atoms with Gasteiger partial charge in [0.15, 0.2) is 0 Å². The zero-order valence-electron chi connectivity index (χ0n) is 8.94. The number of hydrogen-bond donors (Lipinski definition) is 0. The molecule has 4 nitrogen and oxygen atoms in total. The van der Waals surface area contributed by atoms with Crippen LogP contribution in [0.5, 0.6) is 0 Å². The van der Waals surface area contributed by atoms with Gasteiger partial charge in [0, 0.05) is 24.9 Å². The first-order valence-electron chi connectivity index (χ1n) is 4.74. The van der Waals surface area contributed by atoms with Gasteiger partial charge in [0.05, 0.1) is 5.69 Å². The lowest BCUT2D eigenvalue weighted by Crippen LogP contribution is -2.19. The van der Waals surface area contributed by atoms with E-state index in [1.165, 1.54) is 10.6 Å². The molecule has 0 saturated heterocycles. The number of aromatic nitrogens is 3. The van der Waals surface area contributed by atoms with E-state index in [1.807, 2.05) is 0 Å². The highest BCUT2D eigenvalue weighted by molar-refractivity contribution is 6.29. The first-order valence-corrected chi connectivity index (χ1v) is 5.12. The van der Waals surface area contributed by atoms with Gasteiger partial charge in [0.2, 0.25) is 0 Å². The second-order valence-corrected chi connectivity index (χ2v) is 3.84. The predicted octanol–water partition coefficient (Wildman–Crippen LogP) is 1.80. The molecule has 0 fully saturated rings. The third kappa shape index (κ3) is 1.97. The van der Waals surface area contributed by atoms with Gasteiger partial charge >= 0.3 is 0 Å². The summed E-state index contributed by atoms with van der Waals surface area (Å²) in [7, 11) is 1.69. The van der Waals surface area contributed by atoms with Crippen LogP contribution >= 0.6 is 11.6 Å². The van der Waals surface area contributed by atoms with Crippen LogP contribution in [0.4, 0.5) is 0 Å². The molecule has 0 amide bonds. The molecule has 2 heterocycles. The van der Waals surface area contributed by atoms with Crippen molar-refractivity contribution in [3.05, 3.63) is 45.7 Å². The lowest BCUT2D eigenvalue weighted by atomic mass is 10.2. The van der Waals surface area contributed by atoms with Crippen molar-refractivity contribution in [3.63, 3.8) is 0 Å². The van der Waals surface area contributed by atoms with Crippen LogP contribution < -0.4 is 5.56 Å². The first kappa shape index (κ1) is 10.8. The maximum Gasteiger partial charge on any atom is 0.253 e. The predicted molar refractivity (Wildman–Crippen MR) is 62.5 cm³/mol. The van der Waals surface area contributed by atoms with Crippen LogP contribution in [-0.4, -0.2) is 14.5 Å². The largest absolute Gasteiger partial charge is 0.300 e. The summed E-state index contributed by atoms with van der Waals surface area (Å²) in [5, 5.41) is 0.421. The monoisotopic (exact) mass is 235 g/mol. The molecule has 2 rings (SSSR count). The summed E-state index contributed by atoms with van der Waals surface area (Å²) in [5.41, 5.74) is 1.31. The van der Waals surface area contributed by atoms with Crippen LogP contribution in [0.3, 0.4) is 0 Å². The van der Waals surface area contributed by atoms with Crippen molar-refractivity contribution in [3.8, 4) is 11.3 Å². The fourth-order valence-electron chi connectivity index (χ4n) is 1.33. The molecule has 2 aromatic rings. The number of nitrogens with zero attached hydrogens (tertiary/aromatic N) is 3. The van der Waals surface area contributed by atoms with Crippen LogP contribution in [-0.2, 0) is 7.05 Å². The second kappa shape index (κ2) is 4.06. The molecule has 0 aromatic carbocycles. The van der Waals surface area contributed by atoms with Crippen LogP contribution in [0.15, 0.2) is 29.2 Å². The van der Waals surface area contributed by atoms with E-state index >= 15 is 0 Å². The van der Waals surface area contributed by atoms with E-state index in [2.05, 4.69) is 9.97 Å². The van der Waals surface area contributed by atoms with Gasteiger partial charge in [-0.25, -0.2) is 9.97 Å². The Morgan fingerprint density at radius 2 is 2.12 bits per heavy atom. The Bertz CT molecular complexity index is 575. The summed E-state index contributed by atoms with van der Waals surface area (Å²) < 4.78 is 1.49. The molecule has 0 aliphatic carbocycles. The zero-order valence-corrected chi connectivity index (χ0v) is 9.69. The molecule has 0 radical (unpaired) electrons. The average Bonchev–Trinajstić information content (AvgIpc) is 2.26. The zero-order chi connectivity index (χ0) is 11.7. The highest BCUT2D eigenvalue weighted by Gasteiger charge is 2.04. The Morgan fingerprint density at radius 3 is 2.69 bits per heavy atom. The van der Waals surface area contributed by atoms with E-state index in [4.69, 9.17) is 11.6 Å². The van der Waals surface area contributed by atoms with Crippen molar-refractivity contribution in [2.45, 2.75) is 6.92 Å². The van der Waals surface area contributed by atoms with Crippen molar-refractivity contribution in [2.24, 2.45) is 7.05 Å². The number of rotatable bonds is 1. The van der Waals surface area contributed by atoms with Crippen LogP contribution in [0.1, 0.15) is 5.82 Å². The SMILES string of the molecule is Cc1nc(-c2ccc(Cl)nc2)cc(=O)n1C. The van der Waals surface area contributed by atoms with E-state index in [1.54, 1.807) is 32.3 Å². The minimum Gasteiger partial charge on any atom is -0.300 e. The van der Waals surface area contributed by atoms with E-state index < -0.39 is 0 Å². The third-order valence-electron chi connectivity index (χ3n) is 2.38. The van der Waals surface area contributed by atoms with Gasteiger partial charge in [-0.05, 0) is 19.1 Å². The molecule has 0 spiro atoms. The Hall–Kier alpha value is -1.68. The maximum atomic E-state index is 11.6. The number of pyridine rings is 1. The minimum atomic E-state index is -0.0857.